The van der Waals surface area contributed by atoms with Gasteiger partial charge in [0.05, 0.1) is 0 Å². The van der Waals surface area contributed by atoms with Crippen LogP contribution < -0.4 is 0 Å². The molecule has 1 saturated carbocycles. The van der Waals surface area contributed by atoms with Crippen molar-refractivity contribution < 1.29 is 4.79 Å². The van der Waals surface area contributed by atoms with Gasteiger partial charge in [-0.2, -0.15) is 0 Å². The van der Waals surface area contributed by atoms with Crippen LogP contribution in [-0.4, -0.2) is 5.78 Å². The third-order valence-corrected chi connectivity index (χ3v) is 2.25. The van der Waals surface area contributed by atoms with Crippen LogP contribution >= 0.6 is 0 Å². The first-order valence-electron chi connectivity index (χ1n) is 3.75. The molecule has 0 spiro atoms. The van der Waals surface area contributed by atoms with Gasteiger partial charge in [0.15, 0.2) is 0 Å². The molecule has 0 unspecified atom stereocenters. The van der Waals surface area contributed by atoms with Gasteiger partial charge in [0.25, 0.3) is 0 Å². The molecule has 0 N–H and O–H groups in total. The maximum absolute atomic E-state index is 11.1. The fourth-order valence-corrected chi connectivity index (χ4v) is 1.50. The molecule has 1 nitrogen and oxygen atoms in total. The summed E-state index contributed by atoms with van der Waals surface area (Å²) in [5.74, 6) is 1.16. The van der Waals surface area contributed by atoms with Crippen LogP contribution in [-0.2, 0) is 4.79 Å². The maximum Gasteiger partial charge on any atom is 0.138 e. The van der Waals surface area contributed by atoms with Crippen molar-refractivity contribution in [3.05, 3.63) is 0 Å². The maximum atomic E-state index is 11.1. The van der Waals surface area contributed by atoms with Crippen LogP contribution in [0.1, 0.15) is 33.1 Å². The third kappa shape index (κ3) is 1.32. The highest BCUT2D eigenvalue weighted by atomic mass is 16.1. The van der Waals surface area contributed by atoms with Gasteiger partial charge >= 0.3 is 0 Å². The average molecular weight is 126 g/mol. The third-order valence-electron chi connectivity index (χ3n) is 2.25. The average Bonchev–Trinajstić information content (AvgIpc) is 1.83. The first-order chi connectivity index (χ1) is 4.22. The Kier molecular flexibility index (Phi) is 1.89. The largest absolute Gasteiger partial charge is 0.299 e. The van der Waals surface area contributed by atoms with Crippen molar-refractivity contribution >= 4 is 5.78 Å². The lowest BCUT2D eigenvalue weighted by atomic mass is 9.82. The summed E-state index contributed by atoms with van der Waals surface area (Å²) in [7, 11) is 0. The lowest BCUT2D eigenvalue weighted by Crippen LogP contribution is -2.23. The van der Waals surface area contributed by atoms with Crippen LogP contribution in [0.15, 0.2) is 0 Å². The molecule has 0 radical (unpaired) electrons. The second kappa shape index (κ2) is 2.51. The second-order valence-corrected chi connectivity index (χ2v) is 3.14. The van der Waals surface area contributed by atoms with E-state index in [1.807, 2.05) is 13.8 Å². The monoisotopic (exact) mass is 126 g/mol. The van der Waals surface area contributed by atoms with Crippen molar-refractivity contribution in [2.75, 3.05) is 0 Å². The number of rotatable bonds is 0. The van der Waals surface area contributed by atoms with Crippen molar-refractivity contribution in [1.29, 1.82) is 0 Å². The topological polar surface area (TPSA) is 17.1 Å². The summed E-state index contributed by atoms with van der Waals surface area (Å²) in [6.45, 7) is 4.08. The minimum Gasteiger partial charge on any atom is -0.299 e. The molecule has 0 aromatic heterocycles. The number of hydrogen-bond acceptors (Lipinski definition) is 1. The van der Waals surface area contributed by atoms with E-state index in [2.05, 4.69) is 0 Å². The summed E-state index contributed by atoms with van der Waals surface area (Å²) in [6, 6.07) is 0. The molecular weight excluding hydrogens is 112 g/mol. The van der Waals surface area contributed by atoms with Crippen LogP contribution in [0.4, 0.5) is 0 Å². The minimum atomic E-state index is 0.341. The molecule has 52 valence electrons. The summed E-state index contributed by atoms with van der Waals surface area (Å²) in [5.41, 5.74) is 0. The van der Waals surface area contributed by atoms with Gasteiger partial charge in [0.1, 0.15) is 5.78 Å². The Labute approximate surface area is 56.4 Å². The zero-order valence-corrected chi connectivity index (χ0v) is 6.18. The lowest BCUT2D eigenvalue weighted by Gasteiger charge is -2.21. The quantitative estimate of drug-likeness (QED) is 0.485. The summed E-state index contributed by atoms with van der Waals surface area (Å²) < 4.78 is 0. The van der Waals surface area contributed by atoms with Crippen molar-refractivity contribution in [2.45, 2.75) is 33.1 Å². The molecule has 9 heavy (non-hydrogen) atoms. The van der Waals surface area contributed by atoms with E-state index in [4.69, 9.17) is 0 Å². The molecule has 0 bridgehead atoms. The molecule has 1 heteroatoms. The molecule has 1 aliphatic rings. The summed E-state index contributed by atoms with van der Waals surface area (Å²) in [4.78, 5) is 11.1. The van der Waals surface area contributed by atoms with E-state index in [0.29, 0.717) is 17.6 Å². The number of carbonyl (C=O) groups is 1. The Morgan fingerprint density at radius 2 is 1.67 bits per heavy atom. The number of Topliss-reactive ketones (excluding diaryl/α,β-unsaturated/α-hetero) is 1. The second-order valence-electron chi connectivity index (χ2n) is 3.14. The zero-order valence-electron chi connectivity index (χ0n) is 6.18. The molecule has 0 aromatic carbocycles. The predicted molar refractivity (Wildman–Crippen MR) is 37.2 cm³/mol. The van der Waals surface area contributed by atoms with Gasteiger partial charge in [-0.15, -0.1) is 0 Å². The molecule has 0 amide bonds. The molecule has 0 aliphatic heterocycles. The first kappa shape index (κ1) is 6.79. The minimum absolute atomic E-state index is 0.341. The Bertz CT molecular complexity index is 106. The molecule has 1 rings (SSSR count). The van der Waals surface area contributed by atoms with Gasteiger partial charge in [-0.3, -0.25) is 4.79 Å². The number of carbonyl (C=O) groups excluding carboxylic acids is 1. The van der Waals surface area contributed by atoms with Gasteiger partial charge in [-0.1, -0.05) is 20.3 Å². The molecule has 1 fully saturated rings. The van der Waals surface area contributed by atoms with Crippen molar-refractivity contribution in [1.82, 2.24) is 0 Å². The van der Waals surface area contributed by atoms with Crippen LogP contribution in [0.5, 0.6) is 0 Å². The van der Waals surface area contributed by atoms with E-state index in [1.165, 1.54) is 6.42 Å². The van der Waals surface area contributed by atoms with Gasteiger partial charge in [-0.05, 0) is 12.8 Å². The number of ketones is 1. The van der Waals surface area contributed by atoms with Crippen LogP contribution in [0.2, 0.25) is 0 Å². The highest BCUT2D eigenvalue weighted by molar-refractivity contribution is 5.83. The lowest BCUT2D eigenvalue weighted by molar-refractivity contribution is -0.127. The highest BCUT2D eigenvalue weighted by Crippen LogP contribution is 2.24. The zero-order chi connectivity index (χ0) is 6.85. The summed E-state index contributed by atoms with van der Waals surface area (Å²) in [5, 5.41) is 0. The van der Waals surface area contributed by atoms with Gasteiger partial charge < -0.3 is 0 Å². The van der Waals surface area contributed by atoms with Gasteiger partial charge in [0.2, 0.25) is 0 Å². The molecule has 2 atom stereocenters. The van der Waals surface area contributed by atoms with E-state index in [1.54, 1.807) is 0 Å². The molecule has 0 aromatic rings. The van der Waals surface area contributed by atoms with Crippen molar-refractivity contribution in [3.63, 3.8) is 0 Å². The van der Waals surface area contributed by atoms with E-state index in [-0.39, 0.29) is 0 Å². The predicted octanol–water partition coefficient (Wildman–Crippen LogP) is 2.01. The van der Waals surface area contributed by atoms with E-state index >= 15 is 0 Å². The fraction of sp³-hybridized carbons (Fsp3) is 0.875. The summed E-state index contributed by atoms with van der Waals surface area (Å²) >= 11 is 0. The molecular formula is C8H14O. The summed E-state index contributed by atoms with van der Waals surface area (Å²) in [6.07, 6.45) is 3.47. The first-order valence-corrected chi connectivity index (χ1v) is 3.75. The molecule has 1 aliphatic carbocycles. The van der Waals surface area contributed by atoms with E-state index in [0.717, 1.165) is 12.8 Å². The number of hydrogen-bond donors (Lipinski definition) is 0. The fourth-order valence-electron chi connectivity index (χ4n) is 1.50. The Morgan fingerprint density at radius 3 is 2.00 bits per heavy atom. The highest BCUT2D eigenvalue weighted by Gasteiger charge is 2.23. The standard InChI is InChI=1S/C8H14O/c1-6-4-3-5-7(2)8(6)9/h6-7H,3-5H2,1-2H3/t6-,7-/m0/s1. The van der Waals surface area contributed by atoms with Crippen LogP contribution in [0.25, 0.3) is 0 Å². The Hall–Kier alpha value is -0.330. The Morgan fingerprint density at radius 1 is 1.22 bits per heavy atom. The van der Waals surface area contributed by atoms with Crippen LogP contribution in [0, 0.1) is 11.8 Å². The molecule has 0 heterocycles. The van der Waals surface area contributed by atoms with Gasteiger partial charge in [-0.25, -0.2) is 0 Å². The van der Waals surface area contributed by atoms with Crippen molar-refractivity contribution in [2.24, 2.45) is 11.8 Å². The van der Waals surface area contributed by atoms with E-state index < -0.39 is 0 Å². The smallest absolute Gasteiger partial charge is 0.138 e. The van der Waals surface area contributed by atoms with Gasteiger partial charge in [0, 0.05) is 11.8 Å². The SMILES string of the molecule is C[C@H]1CCC[C@H](C)C1=O. The normalized spacial score (nSPS) is 36.9. The van der Waals surface area contributed by atoms with Crippen LogP contribution in [0.3, 0.4) is 0 Å². The molecule has 0 saturated heterocycles. The van der Waals surface area contributed by atoms with Crippen molar-refractivity contribution in [3.8, 4) is 0 Å². The van der Waals surface area contributed by atoms with E-state index in [9.17, 15) is 4.79 Å². The Balaban J connectivity index is 2.52.